The van der Waals surface area contributed by atoms with E-state index in [0.717, 1.165) is 0 Å². The molecule has 0 spiro atoms. The second-order valence-electron chi connectivity index (χ2n) is 4.27. The SMILES string of the molecule is CCOC(=O)CC(CC)N(C(=O)OCC)C(C)C. The van der Waals surface area contributed by atoms with Crippen LogP contribution in [0.4, 0.5) is 4.79 Å². The summed E-state index contributed by atoms with van der Waals surface area (Å²) in [7, 11) is 0. The van der Waals surface area contributed by atoms with Crippen LogP contribution in [0.1, 0.15) is 47.5 Å². The average molecular weight is 259 g/mol. The number of carbonyl (C=O) groups is 2. The van der Waals surface area contributed by atoms with Gasteiger partial charge in [0.15, 0.2) is 0 Å². The van der Waals surface area contributed by atoms with Crippen molar-refractivity contribution in [2.24, 2.45) is 0 Å². The van der Waals surface area contributed by atoms with E-state index in [1.54, 1.807) is 18.7 Å². The first-order valence-corrected chi connectivity index (χ1v) is 6.58. The molecule has 0 aliphatic rings. The van der Waals surface area contributed by atoms with E-state index in [1.807, 2.05) is 20.8 Å². The van der Waals surface area contributed by atoms with E-state index in [2.05, 4.69) is 0 Å². The molecule has 0 aliphatic carbocycles. The van der Waals surface area contributed by atoms with Crippen molar-refractivity contribution in [1.29, 1.82) is 0 Å². The minimum Gasteiger partial charge on any atom is -0.466 e. The summed E-state index contributed by atoms with van der Waals surface area (Å²) >= 11 is 0. The molecule has 0 bridgehead atoms. The summed E-state index contributed by atoms with van der Waals surface area (Å²) in [6, 6.07) is -0.188. The van der Waals surface area contributed by atoms with Gasteiger partial charge in [0.05, 0.1) is 19.6 Å². The van der Waals surface area contributed by atoms with Crippen LogP contribution in [0.5, 0.6) is 0 Å². The number of hydrogen-bond acceptors (Lipinski definition) is 4. The largest absolute Gasteiger partial charge is 0.466 e. The Balaban J connectivity index is 4.71. The molecule has 1 atom stereocenters. The van der Waals surface area contributed by atoms with Crippen molar-refractivity contribution in [3.05, 3.63) is 0 Å². The van der Waals surface area contributed by atoms with Crippen molar-refractivity contribution in [2.45, 2.75) is 59.5 Å². The predicted molar refractivity (Wildman–Crippen MR) is 69.3 cm³/mol. The molecule has 0 radical (unpaired) electrons. The molecule has 0 N–H and O–H groups in total. The summed E-state index contributed by atoms with van der Waals surface area (Å²) in [5.74, 6) is -0.278. The molecule has 0 saturated carbocycles. The Morgan fingerprint density at radius 2 is 1.61 bits per heavy atom. The zero-order chi connectivity index (χ0) is 14.1. The van der Waals surface area contributed by atoms with Crippen LogP contribution in [0.3, 0.4) is 0 Å². The third-order valence-corrected chi connectivity index (χ3v) is 2.61. The van der Waals surface area contributed by atoms with Crippen LogP contribution in [0, 0.1) is 0 Å². The van der Waals surface area contributed by atoms with Gasteiger partial charge >= 0.3 is 12.1 Å². The van der Waals surface area contributed by atoms with E-state index in [0.29, 0.717) is 19.6 Å². The zero-order valence-corrected chi connectivity index (χ0v) is 12.1. The normalized spacial score (nSPS) is 12.1. The molecular weight excluding hydrogens is 234 g/mol. The number of nitrogens with zero attached hydrogens (tertiary/aromatic N) is 1. The second-order valence-corrected chi connectivity index (χ2v) is 4.27. The average Bonchev–Trinajstić information content (AvgIpc) is 2.28. The van der Waals surface area contributed by atoms with Gasteiger partial charge in [-0.25, -0.2) is 4.79 Å². The van der Waals surface area contributed by atoms with Crippen molar-refractivity contribution < 1.29 is 19.1 Å². The van der Waals surface area contributed by atoms with Crippen LogP contribution in [-0.4, -0.2) is 42.3 Å². The lowest BCUT2D eigenvalue weighted by molar-refractivity contribution is -0.144. The van der Waals surface area contributed by atoms with Gasteiger partial charge in [0.25, 0.3) is 0 Å². The maximum atomic E-state index is 11.9. The van der Waals surface area contributed by atoms with Crippen molar-refractivity contribution in [3.63, 3.8) is 0 Å². The summed E-state index contributed by atoms with van der Waals surface area (Å²) in [5.41, 5.74) is 0. The summed E-state index contributed by atoms with van der Waals surface area (Å²) in [6.07, 6.45) is 0.528. The van der Waals surface area contributed by atoms with Crippen molar-refractivity contribution in [3.8, 4) is 0 Å². The Labute approximate surface area is 109 Å². The Morgan fingerprint density at radius 3 is 2.00 bits per heavy atom. The lowest BCUT2D eigenvalue weighted by atomic mass is 10.1. The van der Waals surface area contributed by atoms with Gasteiger partial charge in [-0.15, -0.1) is 0 Å². The van der Waals surface area contributed by atoms with Gasteiger partial charge in [-0.2, -0.15) is 0 Å². The highest BCUT2D eigenvalue weighted by molar-refractivity contribution is 5.73. The lowest BCUT2D eigenvalue weighted by Crippen LogP contribution is -2.46. The first kappa shape index (κ1) is 16.7. The number of ether oxygens (including phenoxy) is 2. The fraction of sp³-hybridized carbons (Fsp3) is 0.846. The van der Waals surface area contributed by atoms with Crippen LogP contribution < -0.4 is 0 Å². The molecule has 5 nitrogen and oxygen atoms in total. The van der Waals surface area contributed by atoms with Crippen LogP contribution >= 0.6 is 0 Å². The van der Waals surface area contributed by atoms with E-state index >= 15 is 0 Å². The van der Waals surface area contributed by atoms with Crippen LogP contribution in [-0.2, 0) is 14.3 Å². The van der Waals surface area contributed by atoms with Gasteiger partial charge < -0.3 is 14.4 Å². The number of carbonyl (C=O) groups excluding carboxylic acids is 2. The predicted octanol–water partition coefficient (Wildman–Crippen LogP) is 2.59. The van der Waals surface area contributed by atoms with Crippen LogP contribution in [0.25, 0.3) is 0 Å². The second kappa shape index (κ2) is 8.78. The maximum absolute atomic E-state index is 11.9. The molecule has 0 saturated heterocycles. The van der Waals surface area contributed by atoms with Crippen LogP contribution in [0.2, 0.25) is 0 Å². The fourth-order valence-electron chi connectivity index (χ4n) is 1.83. The quantitative estimate of drug-likeness (QED) is 0.659. The van der Waals surface area contributed by atoms with Crippen molar-refractivity contribution in [2.75, 3.05) is 13.2 Å². The summed E-state index contributed by atoms with van der Waals surface area (Å²) in [4.78, 5) is 25.0. The van der Waals surface area contributed by atoms with Gasteiger partial charge in [0, 0.05) is 12.1 Å². The molecule has 1 amide bonds. The minimum absolute atomic E-state index is 0.0107. The molecule has 0 aromatic rings. The first-order valence-electron chi connectivity index (χ1n) is 6.58. The number of esters is 1. The van der Waals surface area contributed by atoms with Gasteiger partial charge in [-0.3, -0.25) is 4.79 Å². The van der Waals surface area contributed by atoms with E-state index in [4.69, 9.17) is 9.47 Å². The van der Waals surface area contributed by atoms with E-state index < -0.39 is 0 Å². The van der Waals surface area contributed by atoms with Crippen molar-refractivity contribution in [1.82, 2.24) is 4.90 Å². The van der Waals surface area contributed by atoms with Gasteiger partial charge in [-0.1, -0.05) is 6.92 Å². The number of rotatable bonds is 7. The Kier molecular flexibility index (Phi) is 8.16. The van der Waals surface area contributed by atoms with Gasteiger partial charge in [0.2, 0.25) is 0 Å². The maximum Gasteiger partial charge on any atom is 0.410 e. The summed E-state index contributed by atoms with van der Waals surface area (Å²) in [6.45, 7) is 9.98. The Hall–Kier alpha value is -1.26. The first-order chi connectivity index (χ1) is 8.47. The molecule has 0 aromatic carbocycles. The molecule has 0 heterocycles. The van der Waals surface area contributed by atoms with Crippen molar-refractivity contribution >= 4 is 12.1 Å². The molecule has 0 fully saturated rings. The van der Waals surface area contributed by atoms with E-state index in [-0.39, 0.29) is 30.6 Å². The highest BCUT2D eigenvalue weighted by atomic mass is 16.6. The fourth-order valence-corrected chi connectivity index (χ4v) is 1.83. The summed E-state index contributed by atoms with van der Waals surface area (Å²) in [5, 5.41) is 0. The molecular formula is C13H25NO4. The Bertz CT molecular complexity index is 266. The monoisotopic (exact) mass is 259 g/mol. The van der Waals surface area contributed by atoms with Crippen LogP contribution in [0.15, 0.2) is 0 Å². The van der Waals surface area contributed by atoms with E-state index in [9.17, 15) is 9.59 Å². The minimum atomic E-state index is -0.372. The molecule has 5 heteroatoms. The third kappa shape index (κ3) is 5.38. The molecule has 106 valence electrons. The molecule has 0 aliphatic heterocycles. The topological polar surface area (TPSA) is 55.8 Å². The molecule has 0 aromatic heterocycles. The third-order valence-electron chi connectivity index (χ3n) is 2.61. The van der Waals surface area contributed by atoms with E-state index in [1.165, 1.54) is 0 Å². The highest BCUT2D eigenvalue weighted by Crippen LogP contribution is 2.15. The lowest BCUT2D eigenvalue weighted by Gasteiger charge is -2.33. The number of amides is 1. The van der Waals surface area contributed by atoms with Gasteiger partial charge in [-0.05, 0) is 34.1 Å². The Morgan fingerprint density at radius 1 is 1.06 bits per heavy atom. The molecule has 1 unspecified atom stereocenters. The standard InChI is InChI=1S/C13H25NO4/c1-6-11(9-12(15)17-7-2)14(10(4)5)13(16)18-8-3/h10-11H,6-9H2,1-5H3. The smallest absolute Gasteiger partial charge is 0.410 e. The van der Waals surface area contributed by atoms with Gasteiger partial charge in [0.1, 0.15) is 0 Å². The zero-order valence-electron chi connectivity index (χ0n) is 12.1. The number of hydrogen-bond donors (Lipinski definition) is 0. The molecule has 0 rings (SSSR count). The highest BCUT2D eigenvalue weighted by Gasteiger charge is 2.28. The summed E-state index contributed by atoms with van der Waals surface area (Å²) < 4.78 is 9.95. The molecule has 18 heavy (non-hydrogen) atoms.